The highest BCUT2D eigenvalue weighted by Gasteiger charge is 2.07. The van der Waals surface area contributed by atoms with Crippen LogP contribution in [-0.2, 0) is 17.9 Å². The van der Waals surface area contributed by atoms with E-state index in [1.165, 1.54) is 0 Å². The average molecular weight is 338 g/mol. The molecule has 1 aromatic heterocycles. The Morgan fingerprint density at radius 3 is 2.68 bits per heavy atom. The lowest BCUT2D eigenvalue weighted by atomic mass is 10.1. The number of benzene rings is 2. The molecule has 0 aliphatic rings. The summed E-state index contributed by atoms with van der Waals surface area (Å²) < 4.78 is 10.3. The third-order valence-corrected chi connectivity index (χ3v) is 3.77. The monoisotopic (exact) mass is 338 g/mol. The number of ether oxygens (including phenoxy) is 2. The Kier molecular flexibility index (Phi) is 4.99. The topological polar surface area (TPSA) is 80.4 Å². The first-order valence-corrected chi connectivity index (χ1v) is 7.80. The van der Waals surface area contributed by atoms with E-state index in [2.05, 4.69) is 10.3 Å². The number of amides is 1. The van der Waals surface area contributed by atoms with Crippen LogP contribution in [0.4, 0.5) is 4.79 Å². The molecule has 2 N–H and O–H groups in total. The number of methoxy groups -OCH3 is 1. The van der Waals surface area contributed by atoms with E-state index in [-0.39, 0.29) is 18.7 Å². The van der Waals surface area contributed by atoms with Crippen LogP contribution in [0.5, 0.6) is 5.75 Å². The molecule has 0 radical (unpaired) electrons. The summed E-state index contributed by atoms with van der Waals surface area (Å²) in [7, 11) is 1.57. The lowest BCUT2D eigenvalue weighted by Crippen LogP contribution is -2.27. The summed E-state index contributed by atoms with van der Waals surface area (Å²) in [5.74, 6) is 0.665. The number of hydrogen-bond acceptors (Lipinski definition) is 4. The second-order valence-electron chi connectivity index (χ2n) is 5.49. The van der Waals surface area contributed by atoms with Crippen LogP contribution in [0.1, 0.15) is 11.1 Å². The highest BCUT2D eigenvalue weighted by Crippen LogP contribution is 2.18. The van der Waals surface area contributed by atoms with Gasteiger partial charge in [0.15, 0.2) is 0 Å². The number of nitrogens with one attached hydrogen (secondary N) is 2. The molecule has 0 bridgehead atoms. The lowest BCUT2D eigenvalue weighted by molar-refractivity contribution is 0.139. The zero-order valence-corrected chi connectivity index (χ0v) is 13.7. The number of fused-ring (bicyclic) bond motifs is 1. The molecular weight excluding hydrogens is 320 g/mol. The SMILES string of the molecule is COc1ccc2cc(CNC(=O)OCc3ccccc3)c(=O)[nH]c2c1. The number of hydrogen-bond donors (Lipinski definition) is 2. The van der Waals surface area contributed by atoms with E-state index in [9.17, 15) is 9.59 Å². The summed E-state index contributed by atoms with van der Waals surface area (Å²) in [6.07, 6.45) is -0.571. The maximum absolute atomic E-state index is 12.1. The van der Waals surface area contributed by atoms with Gasteiger partial charge in [-0.25, -0.2) is 4.79 Å². The first-order chi connectivity index (χ1) is 12.2. The van der Waals surface area contributed by atoms with E-state index in [0.29, 0.717) is 16.8 Å². The van der Waals surface area contributed by atoms with Crippen molar-refractivity contribution in [3.63, 3.8) is 0 Å². The minimum absolute atomic E-state index is 0.0882. The first kappa shape index (κ1) is 16.6. The molecule has 0 spiro atoms. The van der Waals surface area contributed by atoms with E-state index in [0.717, 1.165) is 10.9 Å². The molecule has 1 amide bonds. The number of rotatable bonds is 5. The Morgan fingerprint density at radius 2 is 1.92 bits per heavy atom. The van der Waals surface area contributed by atoms with Crippen molar-refractivity contribution >= 4 is 17.0 Å². The number of aromatic nitrogens is 1. The van der Waals surface area contributed by atoms with Crippen LogP contribution in [-0.4, -0.2) is 18.2 Å². The summed E-state index contributed by atoms with van der Waals surface area (Å²) in [6.45, 7) is 0.269. The number of alkyl carbamates (subject to hydrolysis) is 1. The van der Waals surface area contributed by atoms with Crippen molar-refractivity contribution < 1.29 is 14.3 Å². The molecule has 3 aromatic rings. The Morgan fingerprint density at radius 1 is 1.12 bits per heavy atom. The molecule has 2 aromatic carbocycles. The third-order valence-electron chi connectivity index (χ3n) is 3.77. The van der Waals surface area contributed by atoms with Gasteiger partial charge in [-0.3, -0.25) is 4.79 Å². The molecule has 0 fully saturated rings. The molecular formula is C19H18N2O4. The van der Waals surface area contributed by atoms with Crippen LogP contribution < -0.4 is 15.6 Å². The van der Waals surface area contributed by atoms with E-state index in [1.54, 1.807) is 19.2 Å². The van der Waals surface area contributed by atoms with Gasteiger partial charge >= 0.3 is 6.09 Å². The average Bonchev–Trinajstić information content (AvgIpc) is 2.65. The minimum Gasteiger partial charge on any atom is -0.497 e. The number of H-pyrrole nitrogens is 1. The van der Waals surface area contributed by atoms with Crippen LogP contribution >= 0.6 is 0 Å². The number of carbonyl (C=O) groups excluding carboxylic acids is 1. The van der Waals surface area contributed by atoms with Gasteiger partial charge in [-0.1, -0.05) is 30.3 Å². The third kappa shape index (κ3) is 4.17. The van der Waals surface area contributed by atoms with Crippen molar-refractivity contribution in [1.82, 2.24) is 10.3 Å². The first-order valence-electron chi connectivity index (χ1n) is 7.80. The quantitative estimate of drug-likeness (QED) is 0.749. The Balaban J connectivity index is 1.63. The second-order valence-corrected chi connectivity index (χ2v) is 5.49. The predicted octanol–water partition coefficient (Wildman–Crippen LogP) is 2.96. The van der Waals surface area contributed by atoms with Crippen molar-refractivity contribution in [3.05, 3.63) is 76.1 Å². The normalized spacial score (nSPS) is 10.4. The molecule has 128 valence electrons. The van der Waals surface area contributed by atoms with Crippen LogP contribution in [0.3, 0.4) is 0 Å². The van der Waals surface area contributed by atoms with Gasteiger partial charge in [0.2, 0.25) is 0 Å². The van der Waals surface area contributed by atoms with Gasteiger partial charge in [-0.15, -0.1) is 0 Å². The van der Waals surface area contributed by atoms with Crippen LogP contribution in [0.15, 0.2) is 59.4 Å². The van der Waals surface area contributed by atoms with E-state index >= 15 is 0 Å². The van der Waals surface area contributed by atoms with Gasteiger partial charge in [0.05, 0.1) is 19.2 Å². The molecule has 25 heavy (non-hydrogen) atoms. The minimum atomic E-state index is -0.571. The molecule has 0 saturated heterocycles. The van der Waals surface area contributed by atoms with Crippen LogP contribution in [0, 0.1) is 0 Å². The maximum atomic E-state index is 12.1. The summed E-state index contributed by atoms with van der Waals surface area (Å²) in [5.41, 5.74) is 1.77. The number of carbonyl (C=O) groups is 1. The summed E-state index contributed by atoms with van der Waals surface area (Å²) in [4.78, 5) is 26.7. The van der Waals surface area contributed by atoms with Gasteiger partial charge in [0.1, 0.15) is 12.4 Å². The van der Waals surface area contributed by atoms with Crippen molar-refractivity contribution in [2.24, 2.45) is 0 Å². The van der Waals surface area contributed by atoms with Gasteiger partial charge < -0.3 is 19.8 Å². The predicted molar refractivity (Wildman–Crippen MR) is 94.6 cm³/mol. The fourth-order valence-electron chi connectivity index (χ4n) is 2.43. The molecule has 6 heteroatoms. The summed E-state index contributed by atoms with van der Waals surface area (Å²) in [5, 5.41) is 3.45. The molecule has 6 nitrogen and oxygen atoms in total. The fourth-order valence-corrected chi connectivity index (χ4v) is 2.43. The van der Waals surface area contributed by atoms with Crippen molar-refractivity contribution in [1.29, 1.82) is 0 Å². The van der Waals surface area contributed by atoms with Gasteiger partial charge in [-0.2, -0.15) is 0 Å². The van der Waals surface area contributed by atoms with Gasteiger partial charge in [0, 0.05) is 11.6 Å². The fraction of sp³-hybridized carbons (Fsp3) is 0.158. The molecule has 0 unspecified atom stereocenters. The zero-order chi connectivity index (χ0) is 17.6. The highest BCUT2D eigenvalue weighted by atomic mass is 16.5. The number of aromatic amines is 1. The molecule has 3 rings (SSSR count). The second kappa shape index (κ2) is 7.53. The Hall–Kier alpha value is -3.28. The molecule has 1 heterocycles. The molecule has 0 aliphatic heterocycles. The maximum Gasteiger partial charge on any atom is 0.407 e. The van der Waals surface area contributed by atoms with Gasteiger partial charge in [0.25, 0.3) is 5.56 Å². The van der Waals surface area contributed by atoms with E-state index in [1.807, 2.05) is 42.5 Å². The standard InChI is InChI=1S/C19H18N2O4/c1-24-16-8-7-14-9-15(18(22)21-17(14)10-16)11-20-19(23)25-12-13-5-3-2-4-6-13/h2-10H,11-12H2,1H3,(H,20,23)(H,21,22). The van der Waals surface area contributed by atoms with Crippen LogP contribution in [0.25, 0.3) is 10.9 Å². The van der Waals surface area contributed by atoms with Crippen molar-refractivity contribution in [3.8, 4) is 5.75 Å². The van der Waals surface area contributed by atoms with Crippen molar-refractivity contribution in [2.45, 2.75) is 13.2 Å². The Labute approximate surface area is 144 Å². The lowest BCUT2D eigenvalue weighted by Gasteiger charge is -2.08. The smallest absolute Gasteiger partial charge is 0.407 e. The van der Waals surface area contributed by atoms with E-state index < -0.39 is 6.09 Å². The van der Waals surface area contributed by atoms with Gasteiger partial charge in [-0.05, 0) is 29.1 Å². The van der Waals surface area contributed by atoms with Crippen LogP contribution in [0.2, 0.25) is 0 Å². The summed E-state index contributed by atoms with van der Waals surface area (Å²) >= 11 is 0. The highest BCUT2D eigenvalue weighted by molar-refractivity contribution is 5.80. The van der Waals surface area contributed by atoms with Crippen molar-refractivity contribution in [2.75, 3.05) is 7.11 Å². The molecule has 0 aliphatic carbocycles. The molecule has 0 atom stereocenters. The largest absolute Gasteiger partial charge is 0.497 e. The zero-order valence-electron chi connectivity index (χ0n) is 13.7. The van der Waals surface area contributed by atoms with E-state index in [4.69, 9.17) is 9.47 Å². The summed E-state index contributed by atoms with van der Waals surface area (Å²) in [6, 6.07) is 16.5. The number of pyridine rings is 1. The molecule has 0 saturated carbocycles. The Bertz CT molecular complexity index is 935.